The van der Waals surface area contributed by atoms with Gasteiger partial charge in [-0.05, 0) is 12.3 Å². The monoisotopic (exact) mass is 264 g/mol. The fraction of sp³-hybridized carbons (Fsp3) is 0.400. The molecule has 0 radical (unpaired) electrons. The van der Waals surface area contributed by atoms with Crippen LogP contribution >= 0.6 is 21.6 Å². The van der Waals surface area contributed by atoms with E-state index in [0.29, 0.717) is 0 Å². The molecule has 0 aliphatic heterocycles. The number of hydrogen-bond acceptors (Lipinski definition) is 4. The van der Waals surface area contributed by atoms with Crippen LogP contribution in [-0.4, -0.2) is 25.7 Å². The van der Waals surface area contributed by atoms with Crippen LogP contribution in [0.3, 0.4) is 0 Å². The molecule has 0 heterocycles. The van der Waals surface area contributed by atoms with Gasteiger partial charge in [0.05, 0.1) is 11.5 Å². The van der Waals surface area contributed by atoms with Crippen molar-refractivity contribution in [2.75, 3.05) is 17.3 Å². The zero-order valence-corrected chi connectivity index (χ0v) is 11.2. The maximum absolute atomic E-state index is 11.2. The molecule has 0 aromatic rings. The number of rotatable bonds is 8. The zero-order chi connectivity index (χ0) is 11.6. The lowest BCUT2D eigenvalue weighted by atomic mass is 10.6. The van der Waals surface area contributed by atoms with Crippen molar-refractivity contribution in [1.82, 2.24) is 0 Å². The standard InChI is InChI=1S/C10H16O2S3/c1-3-5-7-13-14-8-6-10-15(11,12)9-4-2/h3-6,8H,2,7,9-10H2,1H3/b5-3+,8-6-. The van der Waals surface area contributed by atoms with Crippen LogP contribution in [0.4, 0.5) is 0 Å². The molecule has 0 atom stereocenters. The number of allylic oxidation sites excluding steroid dienone is 1. The molecule has 0 fully saturated rings. The van der Waals surface area contributed by atoms with Gasteiger partial charge in [-0.1, -0.05) is 45.9 Å². The molecular formula is C10H16O2S3. The maximum Gasteiger partial charge on any atom is 0.157 e. The molecule has 0 aliphatic rings. The Labute approximate surface area is 100 Å². The molecule has 0 N–H and O–H groups in total. The lowest BCUT2D eigenvalue weighted by Gasteiger charge is -1.94. The van der Waals surface area contributed by atoms with Gasteiger partial charge in [0.1, 0.15) is 0 Å². The third-order valence-corrected chi connectivity index (χ3v) is 4.70. The normalized spacial score (nSPS) is 12.6. The van der Waals surface area contributed by atoms with Crippen LogP contribution in [-0.2, 0) is 9.84 Å². The van der Waals surface area contributed by atoms with Crippen LogP contribution in [0.25, 0.3) is 0 Å². The fourth-order valence-corrected chi connectivity index (χ4v) is 3.24. The molecule has 0 aromatic heterocycles. The fourth-order valence-electron chi connectivity index (χ4n) is 0.687. The first-order valence-electron chi connectivity index (χ1n) is 4.48. The molecule has 0 aliphatic carbocycles. The highest BCUT2D eigenvalue weighted by Gasteiger charge is 2.03. The molecule has 0 amide bonds. The van der Waals surface area contributed by atoms with Gasteiger partial charge in [0, 0.05) is 5.75 Å². The molecule has 5 heteroatoms. The molecule has 0 saturated carbocycles. The van der Waals surface area contributed by atoms with Gasteiger partial charge in [-0.15, -0.1) is 6.58 Å². The van der Waals surface area contributed by atoms with E-state index < -0.39 is 9.84 Å². The summed E-state index contributed by atoms with van der Waals surface area (Å²) >= 11 is 0. The summed E-state index contributed by atoms with van der Waals surface area (Å²) in [5.74, 6) is 1.08. The van der Waals surface area contributed by atoms with Crippen molar-refractivity contribution in [1.29, 1.82) is 0 Å². The Balaban J connectivity index is 3.66. The molecule has 86 valence electrons. The SMILES string of the molecule is C=CCS(=O)(=O)C/C=C\SSC/C=C/C. The third kappa shape index (κ3) is 10.2. The van der Waals surface area contributed by atoms with Gasteiger partial charge in [-0.2, -0.15) is 0 Å². The molecule has 0 saturated heterocycles. The van der Waals surface area contributed by atoms with E-state index in [2.05, 4.69) is 12.7 Å². The Morgan fingerprint density at radius 2 is 2.00 bits per heavy atom. The van der Waals surface area contributed by atoms with Gasteiger partial charge in [0.2, 0.25) is 0 Å². The predicted octanol–water partition coefficient (Wildman–Crippen LogP) is 3.06. The Bertz CT molecular complexity index is 316. The predicted molar refractivity (Wildman–Crippen MR) is 72.9 cm³/mol. The van der Waals surface area contributed by atoms with Gasteiger partial charge >= 0.3 is 0 Å². The van der Waals surface area contributed by atoms with Gasteiger partial charge in [-0.25, -0.2) is 8.42 Å². The summed E-state index contributed by atoms with van der Waals surface area (Å²) < 4.78 is 22.4. The van der Waals surface area contributed by atoms with E-state index in [4.69, 9.17) is 0 Å². The molecule has 0 aromatic carbocycles. The van der Waals surface area contributed by atoms with Crippen molar-refractivity contribution >= 4 is 31.4 Å². The largest absolute Gasteiger partial charge is 0.228 e. The van der Waals surface area contributed by atoms with Crippen LogP contribution in [0.15, 0.2) is 36.3 Å². The van der Waals surface area contributed by atoms with E-state index in [0.717, 1.165) is 5.75 Å². The second-order valence-electron chi connectivity index (χ2n) is 2.69. The van der Waals surface area contributed by atoms with E-state index in [1.54, 1.807) is 27.7 Å². The smallest absolute Gasteiger partial charge is 0.157 e. The highest BCUT2D eigenvalue weighted by Crippen LogP contribution is 2.22. The summed E-state index contributed by atoms with van der Waals surface area (Å²) in [5, 5.41) is 1.81. The Kier molecular flexibility index (Phi) is 9.04. The average molecular weight is 264 g/mol. The topological polar surface area (TPSA) is 34.1 Å². The molecule has 0 unspecified atom stereocenters. The van der Waals surface area contributed by atoms with Crippen molar-refractivity contribution < 1.29 is 8.42 Å². The van der Waals surface area contributed by atoms with Crippen LogP contribution in [0.1, 0.15) is 6.92 Å². The first kappa shape index (κ1) is 14.9. The molecule has 0 rings (SSSR count). The van der Waals surface area contributed by atoms with E-state index in [9.17, 15) is 8.42 Å². The Morgan fingerprint density at radius 3 is 2.60 bits per heavy atom. The van der Waals surface area contributed by atoms with Crippen molar-refractivity contribution in [2.24, 2.45) is 0 Å². The minimum Gasteiger partial charge on any atom is -0.228 e. The summed E-state index contributed by atoms with van der Waals surface area (Å²) in [7, 11) is 0.246. The zero-order valence-electron chi connectivity index (χ0n) is 8.76. The molecule has 0 spiro atoms. The molecular weight excluding hydrogens is 248 g/mol. The van der Waals surface area contributed by atoms with E-state index in [1.807, 2.05) is 18.4 Å². The molecule has 2 nitrogen and oxygen atoms in total. The van der Waals surface area contributed by atoms with Crippen molar-refractivity contribution in [3.63, 3.8) is 0 Å². The van der Waals surface area contributed by atoms with Gasteiger partial charge < -0.3 is 0 Å². The third-order valence-electron chi connectivity index (χ3n) is 1.34. The lowest BCUT2D eigenvalue weighted by molar-refractivity contribution is 0.602. The maximum atomic E-state index is 11.2. The summed E-state index contributed by atoms with van der Waals surface area (Å²) in [6, 6.07) is 0. The first-order chi connectivity index (χ1) is 7.12. The summed E-state index contributed by atoms with van der Waals surface area (Å²) in [6.07, 6.45) is 7.13. The van der Waals surface area contributed by atoms with E-state index in [-0.39, 0.29) is 11.5 Å². The number of hydrogen-bond donors (Lipinski definition) is 0. The summed E-state index contributed by atoms with van der Waals surface area (Å²) in [6.45, 7) is 5.38. The highest BCUT2D eigenvalue weighted by atomic mass is 33.1. The summed E-state index contributed by atoms with van der Waals surface area (Å²) in [5.41, 5.74) is 0. The van der Waals surface area contributed by atoms with Crippen LogP contribution in [0.5, 0.6) is 0 Å². The Hall–Kier alpha value is -0.130. The first-order valence-corrected chi connectivity index (χ1v) is 8.68. The Morgan fingerprint density at radius 1 is 1.27 bits per heavy atom. The van der Waals surface area contributed by atoms with Crippen LogP contribution in [0, 0.1) is 0 Å². The minimum absolute atomic E-state index is 0.0493. The lowest BCUT2D eigenvalue weighted by Crippen LogP contribution is -2.06. The number of sulfone groups is 1. The van der Waals surface area contributed by atoms with Gasteiger partial charge in [0.25, 0.3) is 0 Å². The van der Waals surface area contributed by atoms with E-state index >= 15 is 0 Å². The van der Waals surface area contributed by atoms with Gasteiger partial charge in [-0.3, -0.25) is 0 Å². The van der Waals surface area contributed by atoms with Crippen LogP contribution in [0.2, 0.25) is 0 Å². The van der Waals surface area contributed by atoms with Crippen molar-refractivity contribution in [2.45, 2.75) is 6.92 Å². The second-order valence-corrected chi connectivity index (χ2v) is 7.16. The average Bonchev–Trinajstić information content (AvgIpc) is 2.16. The second kappa shape index (κ2) is 9.12. The minimum atomic E-state index is -2.97. The van der Waals surface area contributed by atoms with Crippen molar-refractivity contribution in [3.05, 3.63) is 36.3 Å². The molecule has 0 bridgehead atoms. The van der Waals surface area contributed by atoms with Gasteiger partial charge in [0.15, 0.2) is 9.84 Å². The quantitative estimate of drug-likeness (QED) is 0.383. The highest BCUT2D eigenvalue weighted by molar-refractivity contribution is 8.77. The van der Waals surface area contributed by atoms with E-state index in [1.165, 1.54) is 6.08 Å². The van der Waals surface area contributed by atoms with Crippen molar-refractivity contribution in [3.8, 4) is 0 Å². The molecule has 15 heavy (non-hydrogen) atoms. The van der Waals surface area contributed by atoms with Crippen LogP contribution < -0.4 is 0 Å². The summed E-state index contributed by atoms with van der Waals surface area (Å²) in [4.78, 5) is 0.